The molecule has 0 radical (unpaired) electrons. The van der Waals surface area contributed by atoms with E-state index in [-0.39, 0.29) is 0 Å². The summed E-state index contributed by atoms with van der Waals surface area (Å²) in [5.74, 6) is 1.65. The summed E-state index contributed by atoms with van der Waals surface area (Å²) < 4.78 is 2.06. The van der Waals surface area contributed by atoms with E-state index in [1.807, 2.05) is 0 Å². The Morgan fingerprint density at radius 3 is 2.83 bits per heavy atom. The summed E-state index contributed by atoms with van der Waals surface area (Å²) in [6, 6.07) is 0.938. The van der Waals surface area contributed by atoms with E-state index >= 15 is 0 Å². The quantitative estimate of drug-likeness (QED) is 0.834. The number of aromatic nitrogens is 4. The van der Waals surface area contributed by atoms with E-state index < -0.39 is 0 Å². The molecule has 2 atom stereocenters. The van der Waals surface area contributed by atoms with Crippen molar-refractivity contribution in [2.45, 2.75) is 71.5 Å². The van der Waals surface area contributed by atoms with Crippen molar-refractivity contribution in [3.05, 3.63) is 5.82 Å². The number of rotatable bonds is 4. The van der Waals surface area contributed by atoms with Crippen LogP contribution >= 0.6 is 0 Å². The van der Waals surface area contributed by atoms with Crippen LogP contribution in [0.5, 0.6) is 0 Å². The molecule has 0 bridgehead atoms. The average Bonchev–Trinajstić information content (AvgIpc) is 2.69. The Labute approximate surface area is 109 Å². The van der Waals surface area contributed by atoms with Gasteiger partial charge in [-0.1, -0.05) is 40.0 Å². The van der Waals surface area contributed by atoms with Gasteiger partial charge in [0.25, 0.3) is 0 Å². The SMILES string of the molecule is CC(C)NCc1nnnn1C1CCCCCC1C. The van der Waals surface area contributed by atoms with E-state index in [4.69, 9.17) is 0 Å². The molecule has 2 rings (SSSR count). The fraction of sp³-hybridized carbons (Fsp3) is 0.923. The van der Waals surface area contributed by atoms with Gasteiger partial charge in [0.2, 0.25) is 0 Å². The Balaban J connectivity index is 2.08. The standard InChI is InChI=1S/C13H25N5/c1-10(2)14-9-13-15-16-17-18(13)12-8-6-4-5-7-11(12)3/h10-12,14H,4-9H2,1-3H3. The predicted octanol–water partition coefficient (Wildman–Crippen LogP) is 2.31. The summed E-state index contributed by atoms with van der Waals surface area (Å²) in [6.07, 6.45) is 6.50. The van der Waals surface area contributed by atoms with Crippen LogP contribution in [-0.2, 0) is 6.54 Å². The molecule has 102 valence electrons. The summed E-state index contributed by atoms with van der Waals surface area (Å²) in [5, 5.41) is 15.7. The van der Waals surface area contributed by atoms with Gasteiger partial charge < -0.3 is 5.32 Å². The van der Waals surface area contributed by atoms with Crippen molar-refractivity contribution in [2.75, 3.05) is 0 Å². The lowest BCUT2D eigenvalue weighted by Gasteiger charge is -2.22. The molecule has 1 heterocycles. The smallest absolute Gasteiger partial charge is 0.165 e. The van der Waals surface area contributed by atoms with Crippen molar-refractivity contribution in [3.8, 4) is 0 Å². The van der Waals surface area contributed by atoms with Gasteiger partial charge in [0.15, 0.2) is 5.82 Å². The van der Waals surface area contributed by atoms with Crippen LogP contribution in [0.1, 0.15) is 64.7 Å². The molecule has 1 aliphatic carbocycles. The van der Waals surface area contributed by atoms with Gasteiger partial charge in [-0.25, -0.2) is 4.68 Å². The maximum absolute atomic E-state index is 4.23. The zero-order valence-electron chi connectivity index (χ0n) is 11.8. The van der Waals surface area contributed by atoms with Crippen LogP contribution in [0.3, 0.4) is 0 Å². The Morgan fingerprint density at radius 1 is 1.28 bits per heavy atom. The summed E-state index contributed by atoms with van der Waals surface area (Å²) in [4.78, 5) is 0. The molecule has 1 N–H and O–H groups in total. The molecule has 1 saturated carbocycles. The fourth-order valence-corrected chi connectivity index (χ4v) is 2.72. The zero-order valence-corrected chi connectivity index (χ0v) is 11.8. The van der Waals surface area contributed by atoms with E-state index in [2.05, 4.69) is 46.3 Å². The molecule has 0 spiro atoms. The molecule has 1 aromatic rings. The molecule has 5 nitrogen and oxygen atoms in total. The highest BCUT2D eigenvalue weighted by Gasteiger charge is 2.24. The summed E-state index contributed by atoms with van der Waals surface area (Å²) in [6.45, 7) is 7.37. The highest BCUT2D eigenvalue weighted by atomic mass is 15.6. The number of hydrogen-bond donors (Lipinski definition) is 1. The van der Waals surface area contributed by atoms with Gasteiger partial charge in [0.1, 0.15) is 0 Å². The van der Waals surface area contributed by atoms with E-state index in [9.17, 15) is 0 Å². The molecular weight excluding hydrogens is 226 g/mol. The van der Waals surface area contributed by atoms with E-state index in [1.54, 1.807) is 0 Å². The van der Waals surface area contributed by atoms with E-state index in [0.29, 0.717) is 18.0 Å². The second-order valence-corrected chi connectivity index (χ2v) is 5.76. The van der Waals surface area contributed by atoms with Crippen LogP contribution in [0, 0.1) is 5.92 Å². The van der Waals surface area contributed by atoms with Crippen LogP contribution in [-0.4, -0.2) is 26.2 Å². The minimum atomic E-state index is 0.460. The van der Waals surface area contributed by atoms with Crippen LogP contribution in [0.25, 0.3) is 0 Å². The largest absolute Gasteiger partial charge is 0.308 e. The van der Waals surface area contributed by atoms with Gasteiger partial charge in [-0.15, -0.1) is 5.10 Å². The molecule has 0 aliphatic heterocycles. The van der Waals surface area contributed by atoms with E-state index in [0.717, 1.165) is 12.4 Å². The lowest BCUT2D eigenvalue weighted by atomic mass is 9.97. The van der Waals surface area contributed by atoms with Gasteiger partial charge >= 0.3 is 0 Å². The lowest BCUT2D eigenvalue weighted by Crippen LogP contribution is -2.27. The number of hydrogen-bond acceptors (Lipinski definition) is 4. The maximum atomic E-state index is 4.23. The lowest BCUT2D eigenvalue weighted by molar-refractivity contribution is 0.294. The highest BCUT2D eigenvalue weighted by molar-refractivity contribution is 4.87. The molecule has 1 aromatic heterocycles. The van der Waals surface area contributed by atoms with Gasteiger partial charge in [-0.2, -0.15) is 0 Å². The fourth-order valence-electron chi connectivity index (χ4n) is 2.72. The zero-order chi connectivity index (χ0) is 13.0. The molecule has 5 heteroatoms. The van der Waals surface area contributed by atoms with Crippen molar-refractivity contribution in [1.29, 1.82) is 0 Å². The highest BCUT2D eigenvalue weighted by Crippen LogP contribution is 2.32. The summed E-state index contributed by atoms with van der Waals surface area (Å²) in [7, 11) is 0. The van der Waals surface area contributed by atoms with Gasteiger partial charge in [-0.3, -0.25) is 0 Å². The van der Waals surface area contributed by atoms with Crippen LogP contribution < -0.4 is 5.32 Å². The first kappa shape index (κ1) is 13.5. The minimum Gasteiger partial charge on any atom is -0.308 e. The normalized spacial score (nSPS) is 25.3. The monoisotopic (exact) mass is 251 g/mol. The molecule has 2 unspecified atom stereocenters. The number of nitrogens with zero attached hydrogens (tertiary/aromatic N) is 4. The predicted molar refractivity (Wildman–Crippen MR) is 71.1 cm³/mol. The third kappa shape index (κ3) is 3.28. The molecule has 1 fully saturated rings. The third-order valence-corrected chi connectivity index (χ3v) is 3.86. The third-order valence-electron chi connectivity index (χ3n) is 3.86. The molecular formula is C13H25N5. The molecule has 1 aliphatic rings. The number of tetrazole rings is 1. The van der Waals surface area contributed by atoms with Crippen molar-refractivity contribution in [1.82, 2.24) is 25.5 Å². The second kappa shape index (κ2) is 6.27. The molecule has 18 heavy (non-hydrogen) atoms. The summed E-state index contributed by atoms with van der Waals surface area (Å²) in [5.41, 5.74) is 0. The van der Waals surface area contributed by atoms with Crippen LogP contribution in [0.15, 0.2) is 0 Å². The average molecular weight is 251 g/mol. The first-order chi connectivity index (χ1) is 8.68. The topological polar surface area (TPSA) is 55.6 Å². The van der Waals surface area contributed by atoms with Crippen LogP contribution in [0.2, 0.25) is 0 Å². The van der Waals surface area contributed by atoms with Crippen molar-refractivity contribution in [2.24, 2.45) is 5.92 Å². The first-order valence-electron chi connectivity index (χ1n) is 7.18. The Morgan fingerprint density at radius 2 is 2.06 bits per heavy atom. The van der Waals surface area contributed by atoms with Gasteiger partial charge in [0.05, 0.1) is 12.6 Å². The van der Waals surface area contributed by atoms with E-state index in [1.165, 1.54) is 32.1 Å². The number of nitrogens with one attached hydrogen (secondary N) is 1. The Bertz CT molecular complexity index is 360. The van der Waals surface area contributed by atoms with Crippen molar-refractivity contribution >= 4 is 0 Å². The maximum Gasteiger partial charge on any atom is 0.165 e. The van der Waals surface area contributed by atoms with Gasteiger partial charge in [0, 0.05) is 6.04 Å². The second-order valence-electron chi connectivity index (χ2n) is 5.76. The molecule has 0 aromatic carbocycles. The van der Waals surface area contributed by atoms with Crippen molar-refractivity contribution < 1.29 is 0 Å². The van der Waals surface area contributed by atoms with Crippen molar-refractivity contribution in [3.63, 3.8) is 0 Å². The Hall–Kier alpha value is -0.970. The molecule has 0 saturated heterocycles. The molecule has 0 amide bonds. The Kier molecular flexibility index (Phi) is 4.69. The van der Waals surface area contributed by atoms with Gasteiger partial charge in [-0.05, 0) is 29.2 Å². The first-order valence-corrected chi connectivity index (χ1v) is 7.18. The minimum absolute atomic E-state index is 0.460. The van der Waals surface area contributed by atoms with Crippen LogP contribution in [0.4, 0.5) is 0 Å². The summed E-state index contributed by atoms with van der Waals surface area (Å²) >= 11 is 0.